The Balaban J connectivity index is 1.77. The van der Waals surface area contributed by atoms with Gasteiger partial charge in [-0.25, -0.2) is 4.39 Å². The maximum Gasteiger partial charge on any atom is 0.234 e. The first-order valence-corrected chi connectivity index (χ1v) is 6.79. The number of nitrogens with zero attached hydrogens (tertiary/aromatic N) is 2. The molecule has 104 valence electrons. The van der Waals surface area contributed by atoms with Crippen LogP contribution in [-0.2, 0) is 24.2 Å². The molecule has 1 aliphatic heterocycles. The summed E-state index contributed by atoms with van der Waals surface area (Å²) in [5, 5.41) is 4.09. The van der Waals surface area contributed by atoms with Crippen LogP contribution in [0.3, 0.4) is 0 Å². The highest BCUT2D eigenvalue weighted by molar-refractivity contribution is 5.80. The number of rotatable bonds is 3. The Morgan fingerprint density at radius 1 is 1.47 bits per heavy atom. The minimum atomic E-state index is -0.986. The summed E-state index contributed by atoms with van der Waals surface area (Å²) in [5.74, 6) is 0.491. The Kier molecular flexibility index (Phi) is 3.26. The first-order valence-electron chi connectivity index (χ1n) is 6.79. The molecule has 1 saturated heterocycles. The molecule has 1 aliphatic carbocycles. The van der Waals surface area contributed by atoms with Crippen LogP contribution in [0, 0.1) is 0 Å². The van der Waals surface area contributed by atoms with E-state index in [-0.39, 0.29) is 13.0 Å². The molecule has 0 aromatic carbocycles. The summed E-state index contributed by atoms with van der Waals surface area (Å²) in [6.45, 7) is 0.697. The lowest BCUT2D eigenvalue weighted by Gasteiger charge is -2.20. The van der Waals surface area contributed by atoms with Crippen molar-refractivity contribution in [3.05, 3.63) is 17.0 Å². The summed E-state index contributed by atoms with van der Waals surface area (Å²) in [5.41, 5.74) is 7.32. The topological polar surface area (TPSA) is 72.4 Å². The molecule has 19 heavy (non-hydrogen) atoms. The van der Waals surface area contributed by atoms with E-state index < -0.39 is 18.1 Å². The third-order valence-corrected chi connectivity index (χ3v) is 4.07. The van der Waals surface area contributed by atoms with Crippen molar-refractivity contribution < 1.29 is 13.7 Å². The maximum absolute atomic E-state index is 13.5. The lowest BCUT2D eigenvalue weighted by molar-refractivity contribution is -0.122. The molecule has 0 spiro atoms. The van der Waals surface area contributed by atoms with E-state index in [1.165, 1.54) is 0 Å². The van der Waals surface area contributed by atoms with E-state index in [1.54, 1.807) is 4.90 Å². The van der Waals surface area contributed by atoms with Gasteiger partial charge in [0.1, 0.15) is 17.6 Å². The Bertz CT molecular complexity index is 488. The molecule has 2 atom stereocenters. The highest BCUT2D eigenvalue weighted by atomic mass is 19.1. The number of hydrogen-bond donors (Lipinski definition) is 1. The normalized spacial score (nSPS) is 27.4. The van der Waals surface area contributed by atoms with Gasteiger partial charge in [0.2, 0.25) is 5.91 Å². The van der Waals surface area contributed by atoms with Gasteiger partial charge in [-0.1, -0.05) is 5.16 Å². The molecule has 0 radical (unpaired) electrons. The zero-order valence-corrected chi connectivity index (χ0v) is 10.8. The van der Waals surface area contributed by atoms with Crippen LogP contribution in [0.2, 0.25) is 0 Å². The third kappa shape index (κ3) is 2.36. The van der Waals surface area contributed by atoms with Gasteiger partial charge in [0.15, 0.2) is 0 Å². The van der Waals surface area contributed by atoms with Crippen LogP contribution < -0.4 is 5.73 Å². The largest absolute Gasteiger partial charge is 0.368 e. The Morgan fingerprint density at radius 2 is 2.26 bits per heavy atom. The van der Waals surface area contributed by atoms with E-state index in [0.29, 0.717) is 6.54 Å². The summed E-state index contributed by atoms with van der Waals surface area (Å²) in [7, 11) is 0. The van der Waals surface area contributed by atoms with Crippen molar-refractivity contribution in [1.82, 2.24) is 10.1 Å². The second kappa shape index (κ2) is 4.92. The highest BCUT2D eigenvalue weighted by Crippen LogP contribution is 2.28. The molecule has 5 nitrogen and oxygen atoms in total. The van der Waals surface area contributed by atoms with Gasteiger partial charge in [0.05, 0.1) is 6.04 Å². The minimum absolute atomic E-state index is 0.190. The van der Waals surface area contributed by atoms with Crippen LogP contribution in [0.15, 0.2) is 4.52 Å². The fraction of sp³-hybridized carbons (Fsp3) is 0.692. The maximum atomic E-state index is 13.5. The van der Waals surface area contributed by atoms with Crippen LogP contribution >= 0.6 is 0 Å². The molecule has 1 amide bonds. The molecule has 0 bridgehead atoms. The standard InChI is InChI=1S/C13H18FN3O2/c14-8-5-11(13(15)18)17(6-8)7-10-9-3-1-2-4-12(9)19-16-10/h8,11H,1-7H2,(H2,15,18)/t8-,11+/m1/s1. The van der Waals surface area contributed by atoms with Crippen molar-refractivity contribution in [2.45, 2.75) is 50.9 Å². The number of alkyl halides is 1. The fourth-order valence-corrected chi connectivity index (χ4v) is 3.08. The number of carbonyl (C=O) groups excluding carboxylic acids is 1. The van der Waals surface area contributed by atoms with Crippen LogP contribution in [0.5, 0.6) is 0 Å². The van der Waals surface area contributed by atoms with Crippen LogP contribution in [0.1, 0.15) is 36.3 Å². The van der Waals surface area contributed by atoms with Crippen molar-refractivity contribution in [2.75, 3.05) is 6.54 Å². The monoisotopic (exact) mass is 267 g/mol. The van der Waals surface area contributed by atoms with Crippen molar-refractivity contribution in [3.63, 3.8) is 0 Å². The zero-order valence-electron chi connectivity index (χ0n) is 10.8. The third-order valence-electron chi connectivity index (χ3n) is 4.07. The second-order valence-corrected chi connectivity index (χ2v) is 5.42. The number of halogens is 1. The molecular weight excluding hydrogens is 249 g/mol. The fourth-order valence-electron chi connectivity index (χ4n) is 3.08. The molecule has 1 aromatic heterocycles. The van der Waals surface area contributed by atoms with Gasteiger partial charge in [0.25, 0.3) is 0 Å². The van der Waals surface area contributed by atoms with Gasteiger partial charge in [-0.2, -0.15) is 0 Å². The van der Waals surface area contributed by atoms with Crippen LogP contribution in [0.25, 0.3) is 0 Å². The van der Waals surface area contributed by atoms with E-state index in [0.717, 1.165) is 42.7 Å². The van der Waals surface area contributed by atoms with Crippen molar-refractivity contribution in [3.8, 4) is 0 Å². The summed E-state index contributed by atoms with van der Waals surface area (Å²) in [6.07, 6.45) is 3.35. The zero-order chi connectivity index (χ0) is 13.4. The number of amides is 1. The van der Waals surface area contributed by atoms with Crippen LogP contribution in [0.4, 0.5) is 4.39 Å². The molecule has 2 N–H and O–H groups in total. The minimum Gasteiger partial charge on any atom is -0.368 e. The van der Waals surface area contributed by atoms with Gasteiger partial charge < -0.3 is 10.3 Å². The SMILES string of the molecule is NC(=O)[C@@H]1C[C@@H](F)CN1Cc1noc2c1CCCC2. The molecule has 1 fully saturated rings. The van der Waals surface area contributed by atoms with Gasteiger partial charge in [-0.3, -0.25) is 9.69 Å². The molecule has 2 aliphatic rings. The van der Waals surface area contributed by atoms with Gasteiger partial charge in [-0.05, 0) is 19.3 Å². The van der Waals surface area contributed by atoms with Crippen molar-refractivity contribution >= 4 is 5.91 Å². The first-order chi connectivity index (χ1) is 9.15. The molecule has 1 aromatic rings. The lowest BCUT2D eigenvalue weighted by atomic mass is 9.96. The van der Waals surface area contributed by atoms with Gasteiger partial charge in [0, 0.05) is 31.5 Å². The molecule has 0 saturated carbocycles. The summed E-state index contributed by atoms with van der Waals surface area (Å²) < 4.78 is 18.8. The summed E-state index contributed by atoms with van der Waals surface area (Å²) in [6, 6.07) is -0.522. The molecule has 6 heteroatoms. The number of fused-ring (bicyclic) bond motifs is 1. The van der Waals surface area contributed by atoms with E-state index in [1.807, 2.05) is 0 Å². The van der Waals surface area contributed by atoms with Gasteiger partial charge >= 0.3 is 0 Å². The summed E-state index contributed by atoms with van der Waals surface area (Å²) in [4.78, 5) is 13.1. The number of nitrogens with two attached hydrogens (primary N) is 1. The number of carbonyl (C=O) groups is 1. The summed E-state index contributed by atoms with van der Waals surface area (Å²) >= 11 is 0. The number of aromatic nitrogens is 1. The predicted molar refractivity (Wildman–Crippen MR) is 66.1 cm³/mol. The number of aryl methyl sites for hydroxylation is 1. The number of primary amides is 1. The number of likely N-dealkylation sites (tertiary alicyclic amines) is 1. The highest BCUT2D eigenvalue weighted by Gasteiger charge is 2.36. The van der Waals surface area contributed by atoms with E-state index >= 15 is 0 Å². The molecule has 2 heterocycles. The molecule has 0 unspecified atom stereocenters. The van der Waals surface area contributed by atoms with Crippen LogP contribution in [-0.4, -0.2) is 34.7 Å². The average molecular weight is 267 g/mol. The van der Waals surface area contributed by atoms with E-state index in [9.17, 15) is 9.18 Å². The first kappa shape index (κ1) is 12.6. The molecular formula is C13H18FN3O2. The van der Waals surface area contributed by atoms with Crippen molar-refractivity contribution in [1.29, 1.82) is 0 Å². The predicted octanol–water partition coefficient (Wildman–Crippen LogP) is 0.951. The lowest BCUT2D eigenvalue weighted by Crippen LogP contribution is -2.40. The smallest absolute Gasteiger partial charge is 0.234 e. The quantitative estimate of drug-likeness (QED) is 0.885. The molecule has 3 rings (SSSR count). The van der Waals surface area contributed by atoms with E-state index in [4.69, 9.17) is 10.3 Å². The van der Waals surface area contributed by atoms with Gasteiger partial charge in [-0.15, -0.1) is 0 Å². The Morgan fingerprint density at radius 3 is 3.05 bits per heavy atom. The van der Waals surface area contributed by atoms with Crippen molar-refractivity contribution in [2.24, 2.45) is 5.73 Å². The Hall–Kier alpha value is -1.43. The van der Waals surface area contributed by atoms with E-state index in [2.05, 4.69) is 5.16 Å². The average Bonchev–Trinajstić information content (AvgIpc) is 2.95. The number of hydrogen-bond acceptors (Lipinski definition) is 4. The Labute approximate surface area is 110 Å². The second-order valence-electron chi connectivity index (χ2n) is 5.42.